The van der Waals surface area contributed by atoms with Gasteiger partial charge in [-0.2, -0.15) is 0 Å². The Bertz CT molecular complexity index is 275. The molecule has 0 unspecified atom stereocenters. The number of benzene rings is 1. The zero-order chi connectivity index (χ0) is 11.3. The highest BCUT2D eigenvalue weighted by Crippen LogP contribution is 2.12. The van der Waals surface area contributed by atoms with Gasteiger partial charge in [0.05, 0.1) is 0 Å². The predicted octanol–water partition coefficient (Wildman–Crippen LogP) is 2.34. The summed E-state index contributed by atoms with van der Waals surface area (Å²) in [6, 6.07) is 8.63. The normalized spacial score (nSPS) is 13.1. The van der Waals surface area contributed by atoms with Crippen LogP contribution in [0.15, 0.2) is 24.3 Å². The minimum absolute atomic E-state index is 0.130. The fourth-order valence-electron chi connectivity index (χ4n) is 1.68. The third kappa shape index (κ3) is 3.65. The van der Waals surface area contributed by atoms with E-state index in [0.717, 1.165) is 19.6 Å². The number of likely N-dealkylation sites (N-methyl/N-ethyl adjacent to an activating group) is 1. The first-order chi connectivity index (χ1) is 7.17. The SMILES string of the molecule is CCN(CC)C[C@@H](N)c1ccc(C)cc1. The van der Waals surface area contributed by atoms with Crippen LogP contribution in [0, 0.1) is 6.92 Å². The van der Waals surface area contributed by atoms with Crippen LogP contribution in [0.1, 0.15) is 31.0 Å². The first-order valence-corrected chi connectivity index (χ1v) is 5.71. The van der Waals surface area contributed by atoms with Gasteiger partial charge in [-0.25, -0.2) is 0 Å². The molecular weight excluding hydrogens is 184 g/mol. The Morgan fingerprint density at radius 1 is 1.13 bits per heavy atom. The zero-order valence-corrected chi connectivity index (χ0v) is 10.0. The molecule has 0 radical (unpaired) electrons. The summed E-state index contributed by atoms with van der Waals surface area (Å²) in [4.78, 5) is 2.35. The highest BCUT2D eigenvalue weighted by Gasteiger charge is 2.09. The van der Waals surface area contributed by atoms with Crippen molar-refractivity contribution in [2.45, 2.75) is 26.8 Å². The van der Waals surface area contributed by atoms with Crippen LogP contribution in [0.3, 0.4) is 0 Å². The number of aryl methyl sites for hydroxylation is 1. The Hall–Kier alpha value is -0.860. The van der Waals surface area contributed by atoms with Gasteiger partial charge in [0.2, 0.25) is 0 Å². The average Bonchev–Trinajstić information content (AvgIpc) is 2.26. The summed E-state index contributed by atoms with van der Waals surface area (Å²) in [5.74, 6) is 0. The van der Waals surface area contributed by atoms with Gasteiger partial charge in [0.15, 0.2) is 0 Å². The Morgan fingerprint density at radius 2 is 1.67 bits per heavy atom. The summed E-state index contributed by atoms with van der Waals surface area (Å²) in [6.07, 6.45) is 0. The van der Waals surface area contributed by atoms with E-state index in [4.69, 9.17) is 5.73 Å². The van der Waals surface area contributed by atoms with Gasteiger partial charge < -0.3 is 10.6 Å². The highest BCUT2D eigenvalue weighted by atomic mass is 15.1. The quantitative estimate of drug-likeness (QED) is 0.801. The highest BCUT2D eigenvalue weighted by molar-refractivity contribution is 5.24. The van der Waals surface area contributed by atoms with Crippen molar-refractivity contribution >= 4 is 0 Å². The van der Waals surface area contributed by atoms with E-state index in [0.29, 0.717) is 0 Å². The average molecular weight is 206 g/mol. The van der Waals surface area contributed by atoms with Crippen LogP contribution in [0.25, 0.3) is 0 Å². The van der Waals surface area contributed by atoms with E-state index < -0.39 is 0 Å². The molecule has 0 aliphatic heterocycles. The van der Waals surface area contributed by atoms with Crippen LogP contribution in [-0.2, 0) is 0 Å². The molecule has 0 aromatic heterocycles. The molecule has 15 heavy (non-hydrogen) atoms. The number of nitrogens with zero attached hydrogens (tertiary/aromatic N) is 1. The van der Waals surface area contributed by atoms with Gasteiger partial charge in [0, 0.05) is 12.6 Å². The van der Waals surface area contributed by atoms with Gasteiger partial charge >= 0.3 is 0 Å². The van der Waals surface area contributed by atoms with Crippen molar-refractivity contribution in [3.05, 3.63) is 35.4 Å². The smallest absolute Gasteiger partial charge is 0.0424 e. The minimum atomic E-state index is 0.130. The molecule has 1 rings (SSSR count). The van der Waals surface area contributed by atoms with E-state index in [1.165, 1.54) is 11.1 Å². The van der Waals surface area contributed by atoms with Gasteiger partial charge in [0.1, 0.15) is 0 Å². The van der Waals surface area contributed by atoms with Gasteiger partial charge in [0.25, 0.3) is 0 Å². The molecule has 0 bridgehead atoms. The van der Waals surface area contributed by atoms with Crippen LogP contribution in [-0.4, -0.2) is 24.5 Å². The maximum absolute atomic E-state index is 6.16. The first-order valence-electron chi connectivity index (χ1n) is 5.71. The lowest BCUT2D eigenvalue weighted by Gasteiger charge is -2.22. The van der Waals surface area contributed by atoms with Crippen molar-refractivity contribution < 1.29 is 0 Å². The molecule has 0 spiro atoms. The molecule has 0 heterocycles. The molecule has 0 aliphatic carbocycles. The van der Waals surface area contributed by atoms with Gasteiger partial charge in [-0.15, -0.1) is 0 Å². The van der Waals surface area contributed by atoms with E-state index in [1.807, 2.05) is 0 Å². The largest absolute Gasteiger partial charge is 0.323 e. The second-order valence-electron chi connectivity index (χ2n) is 4.00. The Labute approximate surface area is 93.1 Å². The standard InChI is InChI=1S/C13H22N2/c1-4-15(5-2)10-13(14)12-8-6-11(3)7-9-12/h6-9,13H,4-5,10,14H2,1-3H3/t13-/m1/s1. The van der Waals surface area contributed by atoms with Gasteiger partial charge in [-0.05, 0) is 25.6 Å². The summed E-state index contributed by atoms with van der Waals surface area (Å²) < 4.78 is 0. The van der Waals surface area contributed by atoms with E-state index in [1.54, 1.807) is 0 Å². The lowest BCUT2D eigenvalue weighted by atomic mass is 10.1. The number of nitrogens with two attached hydrogens (primary N) is 1. The molecule has 0 aliphatic rings. The van der Waals surface area contributed by atoms with E-state index in [9.17, 15) is 0 Å². The van der Waals surface area contributed by atoms with E-state index in [-0.39, 0.29) is 6.04 Å². The Kier molecular flexibility index (Phi) is 4.79. The van der Waals surface area contributed by atoms with Gasteiger partial charge in [-0.3, -0.25) is 0 Å². The lowest BCUT2D eigenvalue weighted by Crippen LogP contribution is -2.31. The number of hydrogen-bond acceptors (Lipinski definition) is 2. The molecule has 84 valence electrons. The number of hydrogen-bond donors (Lipinski definition) is 1. The molecule has 0 amide bonds. The topological polar surface area (TPSA) is 29.3 Å². The molecule has 2 N–H and O–H groups in total. The first kappa shape index (κ1) is 12.2. The second kappa shape index (κ2) is 5.89. The molecule has 1 aromatic rings. The van der Waals surface area contributed by atoms with Crippen molar-refractivity contribution in [2.24, 2.45) is 5.73 Å². The molecule has 2 heteroatoms. The van der Waals surface area contributed by atoms with Gasteiger partial charge in [-0.1, -0.05) is 43.7 Å². The second-order valence-corrected chi connectivity index (χ2v) is 4.00. The predicted molar refractivity (Wildman–Crippen MR) is 65.9 cm³/mol. The molecular formula is C13H22N2. The summed E-state index contributed by atoms with van der Waals surface area (Å²) >= 11 is 0. The maximum atomic E-state index is 6.16. The van der Waals surface area contributed by atoms with Crippen molar-refractivity contribution in [3.63, 3.8) is 0 Å². The fraction of sp³-hybridized carbons (Fsp3) is 0.538. The van der Waals surface area contributed by atoms with Crippen molar-refractivity contribution in [2.75, 3.05) is 19.6 Å². The summed E-state index contributed by atoms with van der Waals surface area (Å²) in [5.41, 5.74) is 8.67. The van der Waals surface area contributed by atoms with Crippen LogP contribution < -0.4 is 5.73 Å². The van der Waals surface area contributed by atoms with E-state index >= 15 is 0 Å². The molecule has 1 aromatic carbocycles. The van der Waals surface area contributed by atoms with Crippen LogP contribution >= 0.6 is 0 Å². The molecule has 2 nitrogen and oxygen atoms in total. The number of rotatable bonds is 5. The lowest BCUT2D eigenvalue weighted by molar-refractivity contribution is 0.284. The van der Waals surface area contributed by atoms with Crippen molar-refractivity contribution in [3.8, 4) is 0 Å². The van der Waals surface area contributed by atoms with Crippen molar-refractivity contribution in [1.82, 2.24) is 4.90 Å². The van der Waals surface area contributed by atoms with Crippen LogP contribution in [0.5, 0.6) is 0 Å². The minimum Gasteiger partial charge on any atom is -0.323 e. The molecule has 0 saturated heterocycles. The van der Waals surface area contributed by atoms with Crippen LogP contribution in [0.4, 0.5) is 0 Å². The third-order valence-electron chi connectivity index (χ3n) is 2.85. The zero-order valence-electron chi connectivity index (χ0n) is 10.0. The monoisotopic (exact) mass is 206 g/mol. The van der Waals surface area contributed by atoms with Crippen LogP contribution in [0.2, 0.25) is 0 Å². The molecule has 1 atom stereocenters. The summed E-state index contributed by atoms with van der Waals surface area (Å²) in [5, 5.41) is 0. The molecule has 0 fully saturated rings. The molecule has 0 saturated carbocycles. The van der Waals surface area contributed by atoms with Crippen molar-refractivity contribution in [1.29, 1.82) is 0 Å². The van der Waals surface area contributed by atoms with E-state index in [2.05, 4.69) is 49.9 Å². The summed E-state index contributed by atoms with van der Waals surface area (Å²) in [6.45, 7) is 9.51. The third-order valence-corrected chi connectivity index (χ3v) is 2.85. The maximum Gasteiger partial charge on any atom is 0.0424 e. The Morgan fingerprint density at radius 3 is 2.13 bits per heavy atom. The fourth-order valence-corrected chi connectivity index (χ4v) is 1.68. The Balaban J connectivity index is 2.60. The summed E-state index contributed by atoms with van der Waals surface area (Å²) in [7, 11) is 0.